The molecule has 2 amide bonds. The maximum absolute atomic E-state index is 14.5. The fourth-order valence-electron chi connectivity index (χ4n) is 7.63. The summed E-state index contributed by atoms with van der Waals surface area (Å²) >= 11 is 0. The molecule has 0 radical (unpaired) electrons. The standard InChI is InChI=1S/2C22H27FN2O2/c2*1-14(24-16(3)26)18-7-5-17(6-8-18)13-25-12-11-20-19(15(25)2)9-10-21(27-4)22(20)23/h2*5-10,14-15H,11-13H2,1-4H3,(H,24,26)/t14-,15+;14-,15-/m00/s1. The van der Waals surface area contributed by atoms with Gasteiger partial charge in [0.1, 0.15) is 0 Å². The van der Waals surface area contributed by atoms with Gasteiger partial charge in [-0.05, 0) is 97.2 Å². The summed E-state index contributed by atoms with van der Waals surface area (Å²) in [6.45, 7) is 14.5. The van der Waals surface area contributed by atoms with Gasteiger partial charge in [0.2, 0.25) is 11.8 Å². The summed E-state index contributed by atoms with van der Waals surface area (Å²) in [5, 5.41) is 5.79. The second kappa shape index (κ2) is 18.0. The predicted octanol–water partition coefficient (Wildman–Crippen LogP) is 8.30. The van der Waals surface area contributed by atoms with Gasteiger partial charge < -0.3 is 20.1 Å². The molecule has 2 aliphatic heterocycles. The van der Waals surface area contributed by atoms with Crippen molar-refractivity contribution >= 4 is 11.8 Å². The molecule has 2 N–H and O–H groups in total. The van der Waals surface area contributed by atoms with Crippen LogP contribution in [0.1, 0.15) is 110 Å². The number of carbonyl (C=O) groups excluding carboxylic acids is 2. The lowest BCUT2D eigenvalue weighted by Crippen LogP contribution is -2.34. The minimum atomic E-state index is -0.224. The number of hydrogen-bond donors (Lipinski definition) is 2. The number of fused-ring (bicyclic) bond motifs is 2. The number of amides is 2. The molecule has 10 heteroatoms. The van der Waals surface area contributed by atoms with Gasteiger partial charge in [-0.1, -0.05) is 60.7 Å². The molecule has 0 unspecified atom stereocenters. The zero-order valence-electron chi connectivity index (χ0n) is 32.8. The van der Waals surface area contributed by atoms with Gasteiger partial charge in [0, 0.05) is 52.1 Å². The molecule has 2 aliphatic rings. The number of hydrogen-bond acceptors (Lipinski definition) is 6. The van der Waals surface area contributed by atoms with Crippen molar-refractivity contribution in [1.82, 2.24) is 20.4 Å². The van der Waals surface area contributed by atoms with Crippen LogP contribution in [0.5, 0.6) is 11.5 Å². The number of ether oxygens (including phenoxy) is 2. The van der Waals surface area contributed by atoms with Crippen molar-refractivity contribution in [3.8, 4) is 11.5 Å². The lowest BCUT2D eigenvalue weighted by Gasteiger charge is -2.35. The van der Waals surface area contributed by atoms with E-state index < -0.39 is 0 Å². The van der Waals surface area contributed by atoms with Crippen LogP contribution in [0.3, 0.4) is 0 Å². The molecule has 0 aromatic heterocycles. The van der Waals surface area contributed by atoms with Crippen LogP contribution in [-0.2, 0) is 35.5 Å². The molecule has 6 rings (SSSR count). The van der Waals surface area contributed by atoms with Crippen LogP contribution in [-0.4, -0.2) is 48.9 Å². The van der Waals surface area contributed by atoms with Crippen molar-refractivity contribution in [2.75, 3.05) is 27.3 Å². The van der Waals surface area contributed by atoms with Gasteiger partial charge in [-0.25, -0.2) is 8.78 Å². The van der Waals surface area contributed by atoms with Crippen molar-refractivity contribution in [2.45, 2.75) is 91.6 Å². The number of carbonyl (C=O) groups is 2. The summed E-state index contributed by atoms with van der Waals surface area (Å²) in [5.41, 5.74) is 8.21. The van der Waals surface area contributed by atoms with Gasteiger partial charge in [-0.15, -0.1) is 0 Å². The van der Waals surface area contributed by atoms with E-state index in [-0.39, 0.29) is 47.6 Å². The van der Waals surface area contributed by atoms with Crippen molar-refractivity contribution in [1.29, 1.82) is 0 Å². The molecule has 8 nitrogen and oxygen atoms in total. The van der Waals surface area contributed by atoms with E-state index >= 15 is 0 Å². The zero-order chi connectivity index (χ0) is 39.1. The minimum absolute atomic E-state index is 0.00436. The Kier molecular flexibility index (Phi) is 13.5. The highest BCUT2D eigenvalue weighted by Gasteiger charge is 2.29. The monoisotopic (exact) mass is 740 g/mol. The maximum Gasteiger partial charge on any atom is 0.217 e. The number of nitrogens with one attached hydrogen (secondary N) is 2. The first-order chi connectivity index (χ1) is 25.8. The molecule has 0 aliphatic carbocycles. The van der Waals surface area contributed by atoms with E-state index in [9.17, 15) is 18.4 Å². The largest absolute Gasteiger partial charge is 0.494 e. The Hall–Kier alpha value is -4.80. The average molecular weight is 741 g/mol. The lowest BCUT2D eigenvalue weighted by molar-refractivity contribution is -0.120. The number of benzene rings is 4. The zero-order valence-corrected chi connectivity index (χ0v) is 32.8. The third-order valence-corrected chi connectivity index (χ3v) is 10.8. The molecular formula is C44H54F2N4O4. The van der Waals surface area contributed by atoms with Crippen LogP contribution >= 0.6 is 0 Å². The van der Waals surface area contributed by atoms with E-state index in [2.05, 4.69) is 82.8 Å². The topological polar surface area (TPSA) is 83.1 Å². The minimum Gasteiger partial charge on any atom is -0.494 e. The Morgan fingerprint density at radius 1 is 0.648 bits per heavy atom. The van der Waals surface area contributed by atoms with Crippen molar-refractivity contribution in [3.05, 3.63) is 129 Å². The highest BCUT2D eigenvalue weighted by atomic mass is 19.1. The molecule has 0 bridgehead atoms. The van der Waals surface area contributed by atoms with Crippen molar-refractivity contribution in [2.24, 2.45) is 0 Å². The van der Waals surface area contributed by atoms with Crippen LogP contribution in [0.15, 0.2) is 72.8 Å². The molecule has 2 heterocycles. The van der Waals surface area contributed by atoms with Gasteiger partial charge in [0.05, 0.1) is 26.3 Å². The maximum atomic E-state index is 14.5. The summed E-state index contributed by atoms with van der Waals surface area (Å²) in [6.07, 6.45) is 1.36. The van der Waals surface area contributed by atoms with Crippen LogP contribution in [0, 0.1) is 11.6 Å². The van der Waals surface area contributed by atoms with Gasteiger partial charge in [0.25, 0.3) is 0 Å². The summed E-state index contributed by atoms with van der Waals surface area (Å²) in [5.74, 6) is 0.125. The van der Waals surface area contributed by atoms with Gasteiger partial charge in [0.15, 0.2) is 23.1 Å². The normalized spacial score (nSPS) is 17.9. The Morgan fingerprint density at radius 3 is 1.31 bits per heavy atom. The van der Waals surface area contributed by atoms with E-state index in [1.807, 2.05) is 26.0 Å². The number of nitrogens with zero attached hydrogens (tertiary/aromatic N) is 2. The van der Waals surface area contributed by atoms with E-state index in [1.54, 1.807) is 12.1 Å². The lowest BCUT2D eigenvalue weighted by atomic mass is 9.92. The molecule has 54 heavy (non-hydrogen) atoms. The SMILES string of the molecule is COc1ccc2c(c1F)CCN(Cc1ccc([C@H](C)NC(C)=O)cc1)[C@@H]2C.COc1ccc2c(c1F)CCN(Cc1ccc([C@H](C)NC(C)=O)cc1)[C@H]2C. The van der Waals surface area contributed by atoms with E-state index in [0.717, 1.165) is 59.6 Å². The summed E-state index contributed by atoms with van der Waals surface area (Å²) in [6, 6.07) is 24.3. The first-order valence-corrected chi connectivity index (χ1v) is 18.7. The molecule has 0 saturated heterocycles. The molecule has 4 atom stereocenters. The average Bonchev–Trinajstić information content (AvgIpc) is 3.14. The Labute approximate surface area is 318 Å². The second-order valence-corrected chi connectivity index (χ2v) is 14.4. The Balaban J connectivity index is 0.000000208. The number of methoxy groups -OCH3 is 2. The molecule has 0 fully saturated rings. The molecule has 4 aromatic rings. The molecule has 0 saturated carbocycles. The second-order valence-electron chi connectivity index (χ2n) is 14.4. The first-order valence-electron chi connectivity index (χ1n) is 18.7. The van der Waals surface area contributed by atoms with Crippen molar-refractivity contribution in [3.63, 3.8) is 0 Å². The third kappa shape index (κ3) is 9.46. The predicted molar refractivity (Wildman–Crippen MR) is 208 cm³/mol. The van der Waals surface area contributed by atoms with Gasteiger partial charge >= 0.3 is 0 Å². The van der Waals surface area contributed by atoms with Gasteiger partial charge in [-0.3, -0.25) is 19.4 Å². The fraction of sp³-hybridized carbons (Fsp3) is 0.409. The van der Waals surface area contributed by atoms with Crippen molar-refractivity contribution < 1.29 is 27.8 Å². The quantitative estimate of drug-likeness (QED) is 0.170. The Morgan fingerprint density at radius 2 is 1.00 bits per heavy atom. The highest BCUT2D eigenvalue weighted by molar-refractivity contribution is 5.73. The summed E-state index contributed by atoms with van der Waals surface area (Å²) < 4.78 is 39.3. The Bertz CT molecular complexity index is 1780. The summed E-state index contributed by atoms with van der Waals surface area (Å²) in [4.78, 5) is 27.1. The van der Waals surface area contributed by atoms with E-state index in [4.69, 9.17) is 9.47 Å². The first kappa shape index (κ1) is 40.4. The molecule has 4 aromatic carbocycles. The highest BCUT2D eigenvalue weighted by Crippen LogP contribution is 2.37. The third-order valence-electron chi connectivity index (χ3n) is 10.8. The molecule has 288 valence electrons. The molecule has 0 spiro atoms. The summed E-state index contributed by atoms with van der Waals surface area (Å²) in [7, 11) is 3.00. The number of rotatable bonds is 10. The van der Waals surface area contributed by atoms with Crippen LogP contribution in [0.25, 0.3) is 0 Å². The van der Waals surface area contributed by atoms with Crippen LogP contribution < -0.4 is 20.1 Å². The van der Waals surface area contributed by atoms with E-state index in [0.29, 0.717) is 24.3 Å². The van der Waals surface area contributed by atoms with E-state index in [1.165, 1.54) is 39.2 Å². The molecular weight excluding hydrogens is 687 g/mol. The van der Waals surface area contributed by atoms with Crippen LogP contribution in [0.2, 0.25) is 0 Å². The number of halogens is 2. The van der Waals surface area contributed by atoms with Gasteiger partial charge in [-0.2, -0.15) is 0 Å². The fourth-order valence-corrected chi connectivity index (χ4v) is 7.63. The smallest absolute Gasteiger partial charge is 0.217 e. The van der Waals surface area contributed by atoms with Crippen LogP contribution in [0.4, 0.5) is 8.78 Å².